The molecule has 0 saturated heterocycles. The van der Waals surface area contributed by atoms with Gasteiger partial charge in [-0.1, -0.05) is 36.4 Å². The van der Waals surface area contributed by atoms with Gasteiger partial charge in [-0.15, -0.1) is 0 Å². The van der Waals surface area contributed by atoms with E-state index in [2.05, 4.69) is 47.9 Å². The SMILES string of the molecule is [C-]#[N+]c1ccc2c(c1)c1cc(C#N)ccc1n2-c1ccc(-c2ccc(C#N)cc2C)cc1-c1c([N+]#[C-])cccc1-n1c2ccc(C#N)cc2c2cc([N+]#[C-])ccc21. The molecule has 0 unspecified atom stereocenters. The Balaban J connectivity index is 1.45. The average Bonchev–Trinajstić information content (AvgIpc) is 3.76. The lowest BCUT2D eigenvalue weighted by Crippen LogP contribution is -2.02. The molecule has 0 spiro atoms. The van der Waals surface area contributed by atoms with Gasteiger partial charge in [-0.3, -0.25) is 0 Å². The number of benzene rings is 7. The van der Waals surface area contributed by atoms with Crippen LogP contribution >= 0.6 is 0 Å². The Morgan fingerprint density at radius 2 is 0.982 bits per heavy atom. The van der Waals surface area contributed by atoms with Gasteiger partial charge in [-0.25, -0.2) is 14.5 Å². The summed E-state index contributed by atoms with van der Waals surface area (Å²) in [5.41, 5.74) is 11.8. The smallest absolute Gasteiger partial charge is 0.197 e. The summed E-state index contributed by atoms with van der Waals surface area (Å²) in [7, 11) is 0. The molecule has 2 aromatic heterocycles. The zero-order valence-electron chi connectivity index (χ0n) is 30.2. The molecule has 0 bridgehead atoms. The van der Waals surface area contributed by atoms with Gasteiger partial charge < -0.3 is 9.13 Å². The lowest BCUT2D eigenvalue weighted by Gasteiger charge is -2.21. The molecular formula is C49H24N8. The van der Waals surface area contributed by atoms with E-state index < -0.39 is 0 Å². The van der Waals surface area contributed by atoms with Crippen LogP contribution in [0, 0.1) is 60.6 Å². The van der Waals surface area contributed by atoms with Crippen molar-refractivity contribution in [1.82, 2.24) is 9.13 Å². The van der Waals surface area contributed by atoms with Gasteiger partial charge >= 0.3 is 0 Å². The maximum absolute atomic E-state index is 9.88. The number of aromatic nitrogens is 2. The second-order valence-electron chi connectivity index (χ2n) is 13.6. The molecule has 260 valence electrons. The van der Waals surface area contributed by atoms with E-state index >= 15 is 0 Å². The summed E-state index contributed by atoms with van der Waals surface area (Å²) in [4.78, 5) is 11.5. The minimum Gasteiger partial charge on any atom is -0.310 e. The maximum atomic E-state index is 9.88. The number of nitrogens with zero attached hydrogens (tertiary/aromatic N) is 8. The Morgan fingerprint density at radius 3 is 1.51 bits per heavy atom. The van der Waals surface area contributed by atoms with Crippen LogP contribution in [0.15, 0.2) is 127 Å². The Bertz CT molecular complexity index is 3360. The molecule has 2 heterocycles. The molecule has 7 aromatic carbocycles. The number of aryl methyl sites for hydroxylation is 1. The van der Waals surface area contributed by atoms with Gasteiger partial charge in [-0.05, 0) is 131 Å². The van der Waals surface area contributed by atoms with Crippen molar-refractivity contribution in [2.75, 3.05) is 0 Å². The van der Waals surface area contributed by atoms with E-state index in [9.17, 15) is 15.8 Å². The van der Waals surface area contributed by atoms with E-state index in [1.807, 2.05) is 91.9 Å². The number of nitriles is 3. The normalized spacial score (nSPS) is 10.8. The quantitative estimate of drug-likeness (QED) is 0.169. The van der Waals surface area contributed by atoms with Crippen LogP contribution in [0.5, 0.6) is 0 Å². The van der Waals surface area contributed by atoms with E-state index in [4.69, 9.17) is 19.7 Å². The molecule has 57 heavy (non-hydrogen) atoms. The van der Waals surface area contributed by atoms with Crippen molar-refractivity contribution in [3.8, 4) is 51.8 Å². The summed E-state index contributed by atoms with van der Waals surface area (Å²) in [6, 6.07) is 46.3. The van der Waals surface area contributed by atoms with Crippen molar-refractivity contribution in [1.29, 1.82) is 15.8 Å². The van der Waals surface area contributed by atoms with Gasteiger partial charge in [0.15, 0.2) is 17.1 Å². The monoisotopic (exact) mass is 724 g/mol. The molecular weight excluding hydrogens is 701 g/mol. The third-order valence-corrected chi connectivity index (χ3v) is 10.6. The molecule has 0 aliphatic rings. The molecule has 9 rings (SSSR count). The first-order valence-corrected chi connectivity index (χ1v) is 17.8. The Morgan fingerprint density at radius 1 is 0.474 bits per heavy atom. The van der Waals surface area contributed by atoms with E-state index in [0.29, 0.717) is 39.3 Å². The Labute approximate surface area is 327 Å². The fourth-order valence-corrected chi connectivity index (χ4v) is 8.06. The molecule has 0 atom stereocenters. The summed E-state index contributed by atoms with van der Waals surface area (Å²) in [6.07, 6.45) is 0. The number of hydrogen-bond acceptors (Lipinski definition) is 3. The first kappa shape index (κ1) is 33.9. The van der Waals surface area contributed by atoms with Crippen molar-refractivity contribution in [3.63, 3.8) is 0 Å². The lowest BCUT2D eigenvalue weighted by molar-refractivity contribution is 1.16. The highest BCUT2D eigenvalue weighted by molar-refractivity contribution is 6.13. The molecule has 0 amide bonds. The van der Waals surface area contributed by atoms with Gasteiger partial charge in [-0.2, -0.15) is 15.8 Å². The summed E-state index contributed by atoms with van der Waals surface area (Å²) < 4.78 is 4.22. The van der Waals surface area contributed by atoms with Crippen molar-refractivity contribution in [3.05, 3.63) is 184 Å². The van der Waals surface area contributed by atoms with Gasteiger partial charge in [0, 0.05) is 22.0 Å². The number of hydrogen-bond donors (Lipinski definition) is 0. The Kier molecular flexibility index (Phi) is 7.84. The van der Waals surface area contributed by atoms with E-state index in [-0.39, 0.29) is 0 Å². The molecule has 0 radical (unpaired) electrons. The third-order valence-electron chi connectivity index (χ3n) is 10.6. The van der Waals surface area contributed by atoms with Gasteiger partial charge in [0.25, 0.3) is 0 Å². The first-order valence-electron chi connectivity index (χ1n) is 17.8. The van der Waals surface area contributed by atoms with Crippen LogP contribution < -0.4 is 0 Å². The molecule has 8 nitrogen and oxygen atoms in total. The third kappa shape index (κ3) is 5.24. The highest BCUT2D eigenvalue weighted by Gasteiger charge is 2.24. The van der Waals surface area contributed by atoms with Crippen LogP contribution in [0.2, 0.25) is 0 Å². The van der Waals surface area contributed by atoms with Crippen molar-refractivity contribution >= 4 is 60.7 Å². The largest absolute Gasteiger partial charge is 0.310 e. The average molecular weight is 725 g/mol. The summed E-state index contributed by atoms with van der Waals surface area (Å²) in [6.45, 7) is 26.0. The van der Waals surface area contributed by atoms with E-state index in [1.54, 1.807) is 36.4 Å². The minimum atomic E-state index is 0.409. The van der Waals surface area contributed by atoms with E-state index in [1.165, 1.54) is 0 Å². The summed E-state index contributed by atoms with van der Waals surface area (Å²) in [5.74, 6) is 0. The second-order valence-corrected chi connectivity index (χ2v) is 13.6. The lowest BCUT2D eigenvalue weighted by atomic mass is 9.92. The minimum absolute atomic E-state index is 0.409. The van der Waals surface area contributed by atoms with Crippen LogP contribution in [0.3, 0.4) is 0 Å². The summed E-state index contributed by atoms with van der Waals surface area (Å²) in [5, 5.41) is 32.6. The molecule has 0 N–H and O–H groups in total. The van der Waals surface area contributed by atoms with Gasteiger partial charge in [0.2, 0.25) is 0 Å². The van der Waals surface area contributed by atoms with Crippen LogP contribution in [-0.2, 0) is 0 Å². The molecule has 8 heteroatoms. The maximum Gasteiger partial charge on any atom is 0.197 e. The standard InChI is InChI=1S/C49H24N8/c1-29-20-30(26-50)8-14-36(29)33-11-17-47(56-43-15-9-31(27-51)21-37(43)39-24-34(53-2)12-18-45(39)56)41(23-33)49-42(55-4)6-5-7-48(49)57-44-16-10-32(28-52)22-38(44)40-25-35(54-3)13-19-46(40)57/h5-25H,1H3. The van der Waals surface area contributed by atoms with Crippen LogP contribution in [-0.4, -0.2) is 9.13 Å². The topological polar surface area (TPSA) is 94.3 Å². The molecule has 0 fully saturated rings. The predicted octanol–water partition coefficient (Wildman–Crippen LogP) is 12.8. The van der Waals surface area contributed by atoms with Gasteiger partial charge in [0.1, 0.15) is 0 Å². The van der Waals surface area contributed by atoms with Crippen molar-refractivity contribution in [2.45, 2.75) is 6.92 Å². The van der Waals surface area contributed by atoms with Crippen LogP contribution in [0.25, 0.3) is 91.8 Å². The van der Waals surface area contributed by atoms with Crippen LogP contribution in [0.4, 0.5) is 17.1 Å². The highest BCUT2D eigenvalue weighted by Crippen LogP contribution is 2.46. The number of fused-ring (bicyclic) bond motifs is 6. The Hall–Kier alpha value is -8.92. The van der Waals surface area contributed by atoms with Crippen LogP contribution in [0.1, 0.15) is 22.3 Å². The molecule has 0 aliphatic heterocycles. The fraction of sp³-hybridized carbons (Fsp3) is 0.0204. The highest BCUT2D eigenvalue weighted by atomic mass is 15.0. The molecule has 0 saturated carbocycles. The van der Waals surface area contributed by atoms with E-state index in [0.717, 1.165) is 77.2 Å². The molecule has 0 aliphatic carbocycles. The zero-order chi connectivity index (χ0) is 39.4. The fourth-order valence-electron chi connectivity index (χ4n) is 8.06. The second kappa shape index (κ2) is 13.2. The molecule has 9 aromatic rings. The zero-order valence-corrected chi connectivity index (χ0v) is 30.2. The number of rotatable bonds is 4. The predicted molar refractivity (Wildman–Crippen MR) is 224 cm³/mol. The van der Waals surface area contributed by atoms with Crippen molar-refractivity contribution in [2.24, 2.45) is 0 Å². The summed E-state index contributed by atoms with van der Waals surface area (Å²) >= 11 is 0. The van der Waals surface area contributed by atoms with Gasteiger partial charge in [0.05, 0.1) is 82.4 Å². The van der Waals surface area contributed by atoms with Crippen molar-refractivity contribution < 1.29 is 0 Å². The first-order chi connectivity index (χ1) is 27.9.